The third kappa shape index (κ3) is 4.56. The number of hydrogen-bond acceptors (Lipinski definition) is 3. The van der Waals surface area contributed by atoms with Gasteiger partial charge in [-0.25, -0.2) is 22.1 Å². The highest BCUT2D eigenvalue weighted by Crippen LogP contribution is 2.40. The zero-order valence-corrected chi connectivity index (χ0v) is 14.8. The molecule has 8 heteroatoms. The normalized spacial score (nSPS) is 16.2. The molecule has 1 unspecified atom stereocenters. The Morgan fingerprint density at radius 1 is 1.25 bits per heavy atom. The van der Waals surface area contributed by atoms with Gasteiger partial charge in [-0.15, -0.1) is 0 Å². The molecule has 1 aromatic carbocycles. The van der Waals surface area contributed by atoms with Crippen molar-refractivity contribution in [2.45, 2.75) is 43.9 Å². The highest BCUT2D eigenvalue weighted by atomic mass is 32.2. The smallest absolute Gasteiger partial charge is 0.293 e. The maximum absolute atomic E-state index is 14.8. The molecule has 0 radical (unpaired) electrons. The zero-order chi connectivity index (χ0) is 18.6. The molecule has 0 fully saturated rings. The van der Waals surface area contributed by atoms with E-state index in [0.29, 0.717) is 0 Å². The van der Waals surface area contributed by atoms with Crippen LogP contribution in [0.3, 0.4) is 0 Å². The largest absolute Gasteiger partial charge is 0.360 e. The van der Waals surface area contributed by atoms with Crippen molar-refractivity contribution in [3.63, 3.8) is 0 Å². The average Bonchev–Trinajstić information content (AvgIpc) is 2.46. The van der Waals surface area contributed by atoms with Crippen LogP contribution in [-0.4, -0.2) is 28.1 Å². The molecule has 0 aliphatic carbocycles. The Morgan fingerprint density at radius 3 is 2.33 bits per heavy atom. The highest BCUT2D eigenvalue weighted by molar-refractivity contribution is 7.84. The number of benzene rings is 1. The van der Waals surface area contributed by atoms with Crippen molar-refractivity contribution in [3.8, 4) is 6.07 Å². The van der Waals surface area contributed by atoms with Crippen LogP contribution in [0.15, 0.2) is 24.3 Å². The summed E-state index contributed by atoms with van der Waals surface area (Å²) < 4.78 is 62.4. The summed E-state index contributed by atoms with van der Waals surface area (Å²) in [4.78, 5) is 0. The summed E-state index contributed by atoms with van der Waals surface area (Å²) in [6.07, 6.45) is 0. The lowest BCUT2D eigenvalue weighted by atomic mass is 9.86. The first-order chi connectivity index (χ1) is 11.0. The molecule has 0 aliphatic rings. The van der Waals surface area contributed by atoms with Gasteiger partial charge in [0.15, 0.2) is 0 Å². The van der Waals surface area contributed by atoms with Crippen LogP contribution in [0.4, 0.5) is 13.2 Å². The van der Waals surface area contributed by atoms with E-state index in [4.69, 9.17) is 5.26 Å². The van der Waals surface area contributed by atoms with Crippen molar-refractivity contribution in [1.82, 2.24) is 4.72 Å². The highest BCUT2D eigenvalue weighted by Gasteiger charge is 2.54. The molecule has 0 saturated carbocycles. The second-order valence-electron chi connectivity index (χ2n) is 6.44. The van der Waals surface area contributed by atoms with Crippen LogP contribution in [0.2, 0.25) is 0 Å². The molecule has 0 spiro atoms. The van der Waals surface area contributed by atoms with Gasteiger partial charge in [-0.2, -0.15) is 5.26 Å². The van der Waals surface area contributed by atoms with Gasteiger partial charge in [-0.05, 0) is 33.8 Å². The number of halogens is 3. The van der Waals surface area contributed by atoms with Crippen LogP contribution in [-0.2, 0) is 21.3 Å². The van der Waals surface area contributed by atoms with Gasteiger partial charge in [-0.3, -0.25) is 0 Å². The number of alkyl halides is 2. The summed E-state index contributed by atoms with van der Waals surface area (Å²) in [5.41, 5.74) is -2.61. The second-order valence-corrected chi connectivity index (χ2v) is 8.41. The summed E-state index contributed by atoms with van der Waals surface area (Å²) in [6, 6.07) is 6.66. The first-order valence-corrected chi connectivity index (χ1v) is 8.38. The first kappa shape index (κ1) is 20.6. The molecule has 4 nitrogen and oxygen atoms in total. The second kappa shape index (κ2) is 7.64. The molecule has 0 aliphatic heterocycles. The van der Waals surface area contributed by atoms with Crippen molar-refractivity contribution in [1.29, 1.82) is 5.26 Å². The summed E-state index contributed by atoms with van der Waals surface area (Å²) >= 11 is 0. The van der Waals surface area contributed by atoms with Gasteiger partial charge in [-0.1, -0.05) is 18.2 Å². The molecule has 0 saturated heterocycles. The van der Waals surface area contributed by atoms with E-state index in [-0.39, 0.29) is 5.56 Å². The minimum atomic E-state index is -3.62. The van der Waals surface area contributed by atoms with Crippen LogP contribution < -0.4 is 4.72 Å². The Labute approximate surface area is 142 Å². The predicted molar refractivity (Wildman–Crippen MR) is 86.2 cm³/mol. The van der Waals surface area contributed by atoms with E-state index in [1.165, 1.54) is 18.2 Å². The lowest BCUT2D eigenvalue weighted by Crippen LogP contribution is -2.58. The number of hydrogen-bond donors (Lipinski definition) is 1. The molecule has 2 atom stereocenters. The van der Waals surface area contributed by atoms with E-state index in [9.17, 15) is 17.4 Å². The quantitative estimate of drug-likeness (QED) is 0.757. The lowest BCUT2D eigenvalue weighted by Gasteiger charge is -2.39. The van der Waals surface area contributed by atoms with Gasteiger partial charge in [0.05, 0.1) is 21.8 Å². The molecule has 24 heavy (non-hydrogen) atoms. The van der Waals surface area contributed by atoms with Crippen molar-refractivity contribution < 1.29 is 22.1 Å². The van der Waals surface area contributed by atoms with Crippen LogP contribution in [0.25, 0.3) is 0 Å². The van der Waals surface area contributed by atoms with E-state index in [1.54, 1.807) is 26.8 Å². The lowest BCUT2D eigenvalue weighted by molar-refractivity contribution is -0.128. The summed E-state index contributed by atoms with van der Waals surface area (Å²) in [5.74, 6) is -4.47. The fourth-order valence-corrected chi connectivity index (χ4v) is 2.84. The van der Waals surface area contributed by atoms with E-state index < -0.39 is 46.2 Å². The molecule has 0 heterocycles. The maximum Gasteiger partial charge on any atom is 0.293 e. The fourth-order valence-electron chi connectivity index (χ4n) is 1.90. The number of nitrogens with zero attached hydrogens (tertiary/aromatic N) is 1. The molecule has 0 bridgehead atoms. The SMILES string of the molecule is CC(C)(C)S(=O)N[C@](C)(c1ccccc1F)C(F)(F)COCC#N. The minimum Gasteiger partial charge on any atom is -0.360 e. The van der Waals surface area contributed by atoms with Crippen molar-refractivity contribution >= 4 is 11.0 Å². The maximum atomic E-state index is 14.8. The summed E-state index contributed by atoms with van der Waals surface area (Å²) in [6.45, 7) is 4.28. The van der Waals surface area contributed by atoms with E-state index >= 15 is 0 Å². The Kier molecular flexibility index (Phi) is 6.56. The monoisotopic (exact) mass is 362 g/mol. The van der Waals surface area contributed by atoms with Gasteiger partial charge in [0.2, 0.25) is 0 Å². The van der Waals surface area contributed by atoms with E-state index in [0.717, 1.165) is 13.0 Å². The molecular formula is C16H21F3N2O2S. The van der Waals surface area contributed by atoms with E-state index in [2.05, 4.69) is 9.46 Å². The topological polar surface area (TPSA) is 62.1 Å². The third-order valence-corrected chi connectivity index (χ3v) is 5.15. The minimum absolute atomic E-state index is 0.326. The molecule has 0 amide bonds. The van der Waals surface area contributed by atoms with Gasteiger partial charge >= 0.3 is 0 Å². The van der Waals surface area contributed by atoms with Crippen LogP contribution in [0.1, 0.15) is 33.3 Å². The Bertz CT molecular complexity index is 641. The third-order valence-electron chi connectivity index (χ3n) is 3.45. The average molecular weight is 362 g/mol. The molecule has 134 valence electrons. The molecule has 0 aromatic heterocycles. The van der Waals surface area contributed by atoms with Gasteiger partial charge < -0.3 is 4.74 Å². The van der Waals surface area contributed by atoms with Crippen molar-refractivity contribution in [2.24, 2.45) is 0 Å². The zero-order valence-electron chi connectivity index (χ0n) is 14.0. The van der Waals surface area contributed by atoms with Gasteiger partial charge in [0.25, 0.3) is 5.92 Å². The van der Waals surface area contributed by atoms with Crippen LogP contribution >= 0.6 is 0 Å². The molecule has 1 aromatic rings. The van der Waals surface area contributed by atoms with Crippen LogP contribution in [0, 0.1) is 17.1 Å². The molecule has 1 rings (SSSR count). The van der Waals surface area contributed by atoms with Gasteiger partial charge in [0.1, 0.15) is 24.6 Å². The summed E-state index contributed by atoms with van der Waals surface area (Å²) in [5, 5.41) is 8.43. The number of nitriles is 1. The standard InChI is InChI=1S/C16H21F3N2O2S/c1-14(2,3)24(22)21-15(4,12-7-5-6-8-13(12)17)16(18,19)11-23-10-9-20/h5-8,21H,10-11H2,1-4H3/t15-,24?/m1/s1. The van der Waals surface area contributed by atoms with Crippen molar-refractivity contribution in [2.75, 3.05) is 13.2 Å². The van der Waals surface area contributed by atoms with Crippen molar-refractivity contribution in [3.05, 3.63) is 35.6 Å². The number of nitrogens with one attached hydrogen (secondary N) is 1. The number of ether oxygens (including phenoxy) is 1. The fraction of sp³-hybridized carbons (Fsp3) is 0.562. The summed E-state index contributed by atoms with van der Waals surface area (Å²) in [7, 11) is -1.89. The van der Waals surface area contributed by atoms with E-state index in [1.807, 2.05) is 0 Å². The Morgan fingerprint density at radius 2 is 1.83 bits per heavy atom. The predicted octanol–water partition coefficient (Wildman–Crippen LogP) is 3.27. The number of rotatable bonds is 7. The van der Waals surface area contributed by atoms with Crippen LogP contribution in [0.5, 0.6) is 0 Å². The molecular weight excluding hydrogens is 341 g/mol. The first-order valence-electron chi connectivity index (χ1n) is 7.23. The van der Waals surface area contributed by atoms with Gasteiger partial charge in [0, 0.05) is 5.56 Å². The Balaban J connectivity index is 3.33. The molecule has 1 N–H and O–H groups in total. The Hall–Kier alpha value is -1.43.